The Labute approximate surface area is 173 Å². The number of piperidine rings is 2. The highest BCUT2D eigenvalue weighted by Gasteiger charge is 2.36. The zero-order valence-corrected chi connectivity index (χ0v) is 18.2. The van der Waals surface area contributed by atoms with Gasteiger partial charge in [0, 0.05) is 49.8 Å². The summed E-state index contributed by atoms with van der Waals surface area (Å²) in [4.78, 5) is 15.3. The fraction of sp³-hybridized carbons (Fsp3) is 0.591. The maximum absolute atomic E-state index is 13.3. The largest absolute Gasteiger partial charge is 0.348 e. The molecule has 1 amide bonds. The summed E-state index contributed by atoms with van der Waals surface area (Å²) in [6, 6.07) is 7.29. The van der Waals surface area contributed by atoms with Gasteiger partial charge in [-0.15, -0.1) is 0 Å². The topological polar surface area (TPSA) is 62.6 Å². The van der Waals surface area contributed by atoms with Gasteiger partial charge in [0.2, 0.25) is 15.9 Å². The molecule has 1 aromatic heterocycles. The zero-order valence-electron chi connectivity index (χ0n) is 17.4. The van der Waals surface area contributed by atoms with E-state index in [0.29, 0.717) is 23.9 Å². The maximum Gasteiger partial charge on any atom is 0.243 e. The summed E-state index contributed by atoms with van der Waals surface area (Å²) in [5.74, 6) is 0.430. The van der Waals surface area contributed by atoms with Crippen LogP contribution < -0.4 is 0 Å². The van der Waals surface area contributed by atoms with E-state index in [2.05, 4.69) is 18.4 Å². The molecule has 2 aliphatic rings. The minimum atomic E-state index is -3.61. The van der Waals surface area contributed by atoms with Gasteiger partial charge in [-0.05, 0) is 62.8 Å². The highest BCUT2D eigenvalue weighted by Crippen LogP contribution is 2.28. The van der Waals surface area contributed by atoms with Crippen LogP contribution in [0.15, 0.2) is 35.4 Å². The average Bonchev–Trinajstić information content (AvgIpc) is 3.15. The van der Waals surface area contributed by atoms with Gasteiger partial charge in [-0.2, -0.15) is 4.31 Å². The minimum absolute atomic E-state index is 0.131. The van der Waals surface area contributed by atoms with Crippen LogP contribution >= 0.6 is 0 Å². The van der Waals surface area contributed by atoms with Crippen molar-refractivity contribution in [3.05, 3.63) is 30.5 Å². The number of aryl methyl sites for hydroxylation is 1. The van der Waals surface area contributed by atoms with Crippen LogP contribution in [-0.4, -0.2) is 54.3 Å². The molecular formula is C22H31N3O3S. The third kappa shape index (κ3) is 3.94. The summed E-state index contributed by atoms with van der Waals surface area (Å²) in [7, 11) is -3.61. The molecular weight excluding hydrogens is 386 g/mol. The first kappa shape index (κ1) is 20.4. The van der Waals surface area contributed by atoms with Gasteiger partial charge in [0.15, 0.2) is 0 Å². The number of nitrogens with zero attached hydrogens (tertiary/aromatic N) is 3. The molecule has 0 N–H and O–H groups in total. The molecule has 2 aromatic rings. The molecule has 158 valence electrons. The third-order valence-electron chi connectivity index (χ3n) is 6.42. The molecule has 2 saturated heterocycles. The summed E-state index contributed by atoms with van der Waals surface area (Å²) in [5, 5.41) is 0.930. The van der Waals surface area contributed by atoms with Crippen molar-refractivity contribution in [1.29, 1.82) is 0 Å². The van der Waals surface area contributed by atoms with Gasteiger partial charge >= 0.3 is 0 Å². The summed E-state index contributed by atoms with van der Waals surface area (Å²) < 4.78 is 30.2. The molecule has 2 aliphatic heterocycles. The molecule has 6 nitrogen and oxygen atoms in total. The Hall–Kier alpha value is -1.86. The SMILES string of the molecule is CCn1ccc2cc(S(=O)(=O)N3CCC[C@H](C(=O)N4CCC[C@H](C)C4)C3)ccc21. The zero-order chi connectivity index (χ0) is 20.6. The first-order valence-electron chi connectivity index (χ1n) is 10.8. The molecule has 29 heavy (non-hydrogen) atoms. The van der Waals surface area contributed by atoms with Crippen LogP contribution in [0.1, 0.15) is 39.5 Å². The van der Waals surface area contributed by atoms with Crippen LogP contribution in [0.3, 0.4) is 0 Å². The Bertz CT molecular complexity index is 998. The van der Waals surface area contributed by atoms with E-state index in [4.69, 9.17) is 0 Å². The number of aromatic nitrogens is 1. The fourth-order valence-electron chi connectivity index (χ4n) is 4.77. The van der Waals surface area contributed by atoms with E-state index >= 15 is 0 Å². The Balaban J connectivity index is 1.53. The van der Waals surface area contributed by atoms with Gasteiger partial charge < -0.3 is 9.47 Å². The van der Waals surface area contributed by atoms with Crippen molar-refractivity contribution < 1.29 is 13.2 Å². The second-order valence-corrected chi connectivity index (χ2v) is 10.5. The number of benzene rings is 1. The van der Waals surface area contributed by atoms with Crippen molar-refractivity contribution in [2.24, 2.45) is 11.8 Å². The van der Waals surface area contributed by atoms with Crippen LogP contribution in [0.2, 0.25) is 0 Å². The predicted molar refractivity (Wildman–Crippen MR) is 114 cm³/mol. The van der Waals surface area contributed by atoms with Crippen LogP contribution in [0.25, 0.3) is 10.9 Å². The molecule has 7 heteroatoms. The number of carbonyl (C=O) groups is 1. The molecule has 2 atom stereocenters. The van der Waals surface area contributed by atoms with Crippen molar-refractivity contribution in [1.82, 2.24) is 13.8 Å². The van der Waals surface area contributed by atoms with Crippen molar-refractivity contribution in [2.75, 3.05) is 26.2 Å². The molecule has 2 fully saturated rings. The number of carbonyl (C=O) groups excluding carboxylic acids is 1. The normalized spacial score (nSPS) is 24.1. The van der Waals surface area contributed by atoms with Crippen molar-refractivity contribution in [3.63, 3.8) is 0 Å². The van der Waals surface area contributed by atoms with Crippen LogP contribution in [0, 0.1) is 11.8 Å². The van der Waals surface area contributed by atoms with E-state index < -0.39 is 10.0 Å². The van der Waals surface area contributed by atoms with E-state index in [0.717, 1.165) is 56.2 Å². The molecule has 0 saturated carbocycles. The van der Waals surface area contributed by atoms with E-state index in [1.807, 2.05) is 23.2 Å². The lowest BCUT2D eigenvalue weighted by molar-refractivity contribution is -0.138. The number of likely N-dealkylation sites (tertiary alicyclic amines) is 1. The Morgan fingerprint density at radius 1 is 1.10 bits per heavy atom. The summed E-state index contributed by atoms with van der Waals surface area (Å²) in [6.45, 7) is 7.47. The molecule has 3 heterocycles. The molecule has 0 unspecified atom stereocenters. The Morgan fingerprint density at radius 2 is 1.90 bits per heavy atom. The maximum atomic E-state index is 13.3. The van der Waals surface area contributed by atoms with Crippen molar-refractivity contribution >= 4 is 26.8 Å². The second-order valence-electron chi connectivity index (χ2n) is 8.56. The predicted octanol–water partition coefficient (Wildman–Crippen LogP) is 3.32. The lowest BCUT2D eigenvalue weighted by atomic mass is 9.94. The van der Waals surface area contributed by atoms with Gasteiger partial charge in [-0.3, -0.25) is 4.79 Å². The fourth-order valence-corrected chi connectivity index (χ4v) is 6.33. The molecule has 4 rings (SSSR count). The molecule has 0 radical (unpaired) electrons. The standard InChI is InChI=1S/C22H31N3O3S/c1-3-23-13-10-18-14-20(8-9-21(18)23)29(27,28)25-12-5-7-19(16-25)22(26)24-11-4-6-17(2)15-24/h8-10,13-14,17,19H,3-7,11-12,15-16H2,1-2H3/t17-,19-/m0/s1. The van der Waals surface area contributed by atoms with Crippen LogP contribution in [-0.2, 0) is 21.4 Å². The lowest BCUT2D eigenvalue weighted by Gasteiger charge is -2.37. The van der Waals surface area contributed by atoms with E-state index in [-0.39, 0.29) is 11.8 Å². The lowest BCUT2D eigenvalue weighted by Crippen LogP contribution is -2.48. The number of amides is 1. The van der Waals surface area contributed by atoms with Crippen molar-refractivity contribution in [3.8, 4) is 0 Å². The average molecular weight is 418 g/mol. The Morgan fingerprint density at radius 3 is 2.66 bits per heavy atom. The van der Waals surface area contributed by atoms with Crippen molar-refractivity contribution in [2.45, 2.75) is 51.0 Å². The number of fused-ring (bicyclic) bond motifs is 1. The summed E-state index contributed by atoms with van der Waals surface area (Å²) in [6.07, 6.45) is 5.69. The van der Waals surface area contributed by atoms with Gasteiger partial charge in [0.25, 0.3) is 0 Å². The van der Waals surface area contributed by atoms with E-state index in [1.165, 1.54) is 4.31 Å². The molecule has 0 aliphatic carbocycles. The molecule has 0 bridgehead atoms. The number of hydrogen-bond acceptors (Lipinski definition) is 3. The van der Waals surface area contributed by atoms with Crippen LogP contribution in [0.4, 0.5) is 0 Å². The highest BCUT2D eigenvalue weighted by atomic mass is 32.2. The minimum Gasteiger partial charge on any atom is -0.348 e. The number of sulfonamides is 1. The number of rotatable bonds is 4. The second kappa shape index (κ2) is 8.11. The summed E-state index contributed by atoms with van der Waals surface area (Å²) in [5.41, 5.74) is 1.04. The van der Waals surface area contributed by atoms with Gasteiger partial charge in [0.1, 0.15) is 0 Å². The Kier molecular flexibility index (Phi) is 5.71. The van der Waals surface area contributed by atoms with Crippen LogP contribution in [0.5, 0.6) is 0 Å². The summed E-state index contributed by atoms with van der Waals surface area (Å²) >= 11 is 0. The molecule has 0 spiro atoms. The van der Waals surface area contributed by atoms with E-state index in [9.17, 15) is 13.2 Å². The monoisotopic (exact) mass is 417 g/mol. The smallest absolute Gasteiger partial charge is 0.243 e. The quantitative estimate of drug-likeness (QED) is 0.767. The van der Waals surface area contributed by atoms with Gasteiger partial charge in [0.05, 0.1) is 10.8 Å². The highest BCUT2D eigenvalue weighted by molar-refractivity contribution is 7.89. The first-order valence-corrected chi connectivity index (χ1v) is 12.2. The van der Waals surface area contributed by atoms with Gasteiger partial charge in [-0.1, -0.05) is 6.92 Å². The molecule has 1 aromatic carbocycles. The number of hydrogen-bond donors (Lipinski definition) is 0. The first-order chi connectivity index (χ1) is 13.9. The van der Waals surface area contributed by atoms with Gasteiger partial charge in [-0.25, -0.2) is 8.42 Å². The van der Waals surface area contributed by atoms with E-state index in [1.54, 1.807) is 12.1 Å². The third-order valence-corrected chi connectivity index (χ3v) is 8.28.